The van der Waals surface area contributed by atoms with E-state index in [0.29, 0.717) is 19.4 Å². The number of hydroxylamine groups is 1. The fraction of sp³-hybridized carbons (Fsp3) is 0.300. The van der Waals surface area contributed by atoms with Crippen molar-refractivity contribution in [2.75, 3.05) is 7.11 Å². The molecule has 6 nitrogen and oxygen atoms in total. The number of carbonyl (C=O) groups excluding carboxylic acids is 2. The summed E-state index contributed by atoms with van der Waals surface area (Å²) in [6.07, 6.45) is 0.731. The third-order valence-corrected chi connectivity index (χ3v) is 4.79. The highest BCUT2D eigenvalue weighted by molar-refractivity contribution is 5.93. The van der Waals surface area contributed by atoms with Gasteiger partial charge < -0.3 is 9.47 Å². The van der Waals surface area contributed by atoms with E-state index in [2.05, 4.69) is 0 Å². The van der Waals surface area contributed by atoms with Gasteiger partial charge in [0.1, 0.15) is 12.4 Å². The average Bonchev–Trinajstić information content (AvgIpc) is 3.42. The summed E-state index contributed by atoms with van der Waals surface area (Å²) in [5, 5.41) is 8.82. The summed E-state index contributed by atoms with van der Waals surface area (Å²) in [5.74, 6) is -0.840. The molecule has 0 unspecified atom stereocenters. The molecule has 0 heterocycles. The zero-order valence-corrected chi connectivity index (χ0v) is 14.5. The molecule has 0 aromatic heterocycles. The van der Waals surface area contributed by atoms with E-state index < -0.39 is 23.2 Å². The van der Waals surface area contributed by atoms with E-state index in [1.54, 1.807) is 5.48 Å². The fourth-order valence-corrected chi connectivity index (χ4v) is 3.23. The maximum atomic E-state index is 12.1. The minimum atomic E-state index is -0.909. The van der Waals surface area contributed by atoms with Gasteiger partial charge in [0.15, 0.2) is 0 Å². The third kappa shape index (κ3) is 3.70. The minimum Gasteiger partial charge on any atom is -0.489 e. The summed E-state index contributed by atoms with van der Waals surface area (Å²) in [6.45, 7) is 0.477. The number of carbonyl (C=O) groups is 2. The molecule has 2 atom stereocenters. The first-order chi connectivity index (χ1) is 12.6. The van der Waals surface area contributed by atoms with Crippen molar-refractivity contribution >= 4 is 11.9 Å². The molecule has 0 spiro atoms. The molecule has 1 aliphatic rings. The van der Waals surface area contributed by atoms with E-state index in [1.807, 2.05) is 54.6 Å². The molecule has 3 rings (SSSR count). The van der Waals surface area contributed by atoms with Gasteiger partial charge in [0.25, 0.3) is 0 Å². The summed E-state index contributed by atoms with van der Waals surface area (Å²) < 4.78 is 10.6. The first-order valence-electron chi connectivity index (χ1n) is 8.37. The molecule has 26 heavy (non-hydrogen) atoms. The summed E-state index contributed by atoms with van der Waals surface area (Å²) in [5.41, 5.74) is 2.69. The van der Waals surface area contributed by atoms with Crippen LogP contribution >= 0.6 is 0 Å². The van der Waals surface area contributed by atoms with Crippen LogP contribution in [-0.2, 0) is 27.4 Å². The number of methoxy groups -OCH3 is 1. The Kier molecular flexibility index (Phi) is 5.23. The monoisotopic (exact) mass is 355 g/mol. The van der Waals surface area contributed by atoms with E-state index in [9.17, 15) is 9.59 Å². The standard InChI is InChI=1S/C20H21NO5/c1-25-19(23)20(12-17(20)18(22)21-24)11-14-7-9-16(10-8-14)26-13-15-5-3-2-4-6-15/h2-10,17,24H,11-13H2,1H3,(H,21,22)/t17-,20+/m1/s1. The Bertz CT molecular complexity index is 775. The van der Waals surface area contributed by atoms with Gasteiger partial charge in [-0.2, -0.15) is 0 Å². The van der Waals surface area contributed by atoms with Crippen LogP contribution in [0.1, 0.15) is 17.5 Å². The van der Waals surface area contributed by atoms with Gasteiger partial charge in [-0.1, -0.05) is 42.5 Å². The van der Waals surface area contributed by atoms with Crippen LogP contribution in [0.3, 0.4) is 0 Å². The Morgan fingerprint density at radius 2 is 1.81 bits per heavy atom. The summed E-state index contributed by atoms with van der Waals surface area (Å²) in [6, 6.07) is 17.3. The minimum absolute atomic E-state index is 0.359. The second-order valence-electron chi connectivity index (χ2n) is 6.48. The van der Waals surface area contributed by atoms with Crippen LogP contribution in [0.15, 0.2) is 54.6 Å². The second-order valence-corrected chi connectivity index (χ2v) is 6.48. The predicted octanol–water partition coefficient (Wildman–Crippen LogP) is 2.49. The van der Waals surface area contributed by atoms with E-state index in [4.69, 9.17) is 14.7 Å². The van der Waals surface area contributed by atoms with Crippen molar-refractivity contribution in [3.05, 3.63) is 65.7 Å². The Morgan fingerprint density at radius 3 is 2.42 bits per heavy atom. The van der Waals surface area contributed by atoms with Crippen molar-refractivity contribution in [3.8, 4) is 5.75 Å². The highest BCUT2D eigenvalue weighted by Crippen LogP contribution is 2.55. The Balaban J connectivity index is 1.64. The Hall–Kier alpha value is -2.86. The molecular weight excluding hydrogens is 334 g/mol. The van der Waals surface area contributed by atoms with Gasteiger partial charge in [-0.25, -0.2) is 5.48 Å². The van der Waals surface area contributed by atoms with Crippen molar-refractivity contribution in [2.24, 2.45) is 11.3 Å². The SMILES string of the molecule is COC(=O)[C@@]1(Cc2ccc(OCc3ccccc3)cc2)C[C@@H]1C(=O)NO. The van der Waals surface area contributed by atoms with Crippen molar-refractivity contribution in [3.63, 3.8) is 0 Å². The van der Waals surface area contributed by atoms with Crippen LogP contribution in [0.2, 0.25) is 0 Å². The molecule has 2 N–H and O–H groups in total. The molecule has 136 valence electrons. The van der Waals surface area contributed by atoms with Crippen molar-refractivity contribution in [1.29, 1.82) is 0 Å². The van der Waals surface area contributed by atoms with Crippen LogP contribution in [-0.4, -0.2) is 24.2 Å². The molecule has 0 aliphatic heterocycles. The van der Waals surface area contributed by atoms with E-state index >= 15 is 0 Å². The first kappa shape index (κ1) is 17.9. The Morgan fingerprint density at radius 1 is 1.12 bits per heavy atom. The number of rotatable bonds is 7. The molecule has 0 bridgehead atoms. The van der Waals surface area contributed by atoms with Crippen molar-refractivity contribution in [2.45, 2.75) is 19.4 Å². The lowest BCUT2D eigenvalue weighted by Gasteiger charge is -2.15. The highest BCUT2D eigenvalue weighted by Gasteiger charge is 2.64. The van der Waals surface area contributed by atoms with Crippen LogP contribution in [0.4, 0.5) is 0 Å². The predicted molar refractivity (Wildman–Crippen MR) is 93.4 cm³/mol. The number of esters is 1. The Labute approximate surface area is 151 Å². The zero-order chi connectivity index (χ0) is 18.6. The number of hydrogen-bond donors (Lipinski definition) is 2. The molecule has 0 radical (unpaired) electrons. The first-order valence-corrected chi connectivity index (χ1v) is 8.37. The van der Waals surface area contributed by atoms with Gasteiger partial charge in [-0.3, -0.25) is 14.8 Å². The molecule has 2 aromatic rings. The van der Waals surface area contributed by atoms with Gasteiger partial charge in [-0.15, -0.1) is 0 Å². The number of nitrogens with one attached hydrogen (secondary N) is 1. The van der Waals surface area contributed by atoms with Gasteiger partial charge in [-0.05, 0) is 36.1 Å². The number of ether oxygens (including phenoxy) is 2. The van der Waals surface area contributed by atoms with Crippen molar-refractivity contribution in [1.82, 2.24) is 5.48 Å². The maximum Gasteiger partial charge on any atom is 0.312 e. The summed E-state index contributed by atoms with van der Waals surface area (Å²) >= 11 is 0. The zero-order valence-electron chi connectivity index (χ0n) is 14.5. The lowest BCUT2D eigenvalue weighted by molar-refractivity contribution is -0.149. The molecule has 6 heteroatoms. The van der Waals surface area contributed by atoms with Crippen LogP contribution < -0.4 is 10.2 Å². The fourth-order valence-electron chi connectivity index (χ4n) is 3.23. The summed E-state index contributed by atoms with van der Waals surface area (Å²) in [7, 11) is 1.30. The summed E-state index contributed by atoms with van der Waals surface area (Å²) in [4.78, 5) is 23.8. The van der Waals surface area contributed by atoms with Crippen LogP contribution in [0, 0.1) is 11.3 Å². The molecule has 2 aromatic carbocycles. The third-order valence-electron chi connectivity index (χ3n) is 4.79. The highest BCUT2D eigenvalue weighted by atomic mass is 16.5. The second kappa shape index (κ2) is 7.58. The molecular formula is C20H21NO5. The number of amides is 1. The lowest BCUT2D eigenvalue weighted by atomic mass is 9.93. The molecule has 0 saturated heterocycles. The smallest absolute Gasteiger partial charge is 0.312 e. The van der Waals surface area contributed by atoms with Crippen molar-refractivity contribution < 1.29 is 24.3 Å². The van der Waals surface area contributed by atoms with Crippen LogP contribution in [0.25, 0.3) is 0 Å². The van der Waals surface area contributed by atoms with E-state index in [1.165, 1.54) is 7.11 Å². The average molecular weight is 355 g/mol. The molecule has 1 fully saturated rings. The quantitative estimate of drug-likeness (QED) is 0.453. The van der Waals surface area contributed by atoms with E-state index in [0.717, 1.165) is 16.9 Å². The molecule has 1 amide bonds. The topological polar surface area (TPSA) is 84.9 Å². The van der Waals surface area contributed by atoms with Gasteiger partial charge >= 0.3 is 5.97 Å². The van der Waals surface area contributed by atoms with Crippen LogP contribution in [0.5, 0.6) is 5.75 Å². The molecule has 1 aliphatic carbocycles. The van der Waals surface area contributed by atoms with Gasteiger partial charge in [0.05, 0.1) is 18.4 Å². The lowest BCUT2D eigenvalue weighted by Crippen LogP contribution is -2.30. The van der Waals surface area contributed by atoms with Gasteiger partial charge in [0.2, 0.25) is 5.91 Å². The van der Waals surface area contributed by atoms with E-state index in [-0.39, 0.29) is 0 Å². The number of hydrogen-bond acceptors (Lipinski definition) is 5. The molecule has 1 saturated carbocycles. The normalized spacial score (nSPS) is 20.9. The largest absolute Gasteiger partial charge is 0.489 e. The van der Waals surface area contributed by atoms with Gasteiger partial charge in [0, 0.05) is 0 Å². The number of benzene rings is 2. The maximum absolute atomic E-state index is 12.1.